The van der Waals surface area contributed by atoms with E-state index in [0.717, 1.165) is 30.2 Å². The number of hydrogen-bond acceptors (Lipinski definition) is 3. The molecule has 1 aliphatic heterocycles. The van der Waals surface area contributed by atoms with E-state index < -0.39 is 0 Å². The van der Waals surface area contributed by atoms with Gasteiger partial charge in [-0.3, -0.25) is 0 Å². The van der Waals surface area contributed by atoms with E-state index in [-0.39, 0.29) is 12.6 Å². The zero-order chi connectivity index (χ0) is 14.5. The normalized spacial score (nSPS) is 21.0. The molecule has 0 radical (unpaired) electrons. The summed E-state index contributed by atoms with van der Waals surface area (Å²) >= 11 is 6.48. The maximum atomic E-state index is 9.53. The van der Waals surface area contributed by atoms with E-state index in [1.165, 1.54) is 18.4 Å². The molecule has 0 amide bonds. The Morgan fingerprint density at radius 2 is 2.25 bits per heavy atom. The summed E-state index contributed by atoms with van der Waals surface area (Å²) in [6.45, 7) is 6.37. The predicted octanol–water partition coefficient (Wildman–Crippen LogP) is 3.36. The molecular weight excluding hydrogens is 272 g/mol. The van der Waals surface area contributed by atoms with Crippen LogP contribution < -0.4 is 10.2 Å². The van der Waals surface area contributed by atoms with Crippen molar-refractivity contribution in [3.05, 3.63) is 28.8 Å². The molecule has 1 aliphatic rings. The molecule has 1 heterocycles. The SMILES string of the molecule is CCNC(C)c1ccc(N2CCCCC2CO)c(Cl)c1. The summed E-state index contributed by atoms with van der Waals surface area (Å²) in [5.41, 5.74) is 2.26. The second-order valence-electron chi connectivity index (χ2n) is 5.52. The van der Waals surface area contributed by atoms with Crippen LogP contribution in [0.4, 0.5) is 5.69 Å². The van der Waals surface area contributed by atoms with Gasteiger partial charge in [0.25, 0.3) is 0 Å². The fourth-order valence-electron chi connectivity index (χ4n) is 2.96. The molecule has 1 aromatic rings. The number of halogens is 1. The molecule has 0 spiro atoms. The maximum Gasteiger partial charge on any atom is 0.0643 e. The standard InChI is InChI=1S/C16H25ClN2O/c1-3-18-12(2)13-7-8-16(15(17)10-13)19-9-5-4-6-14(19)11-20/h7-8,10,12,14,18,20H,3-6,9,11H2,1-2H3. The lowest BCUT2D eigenvalue weighted by atomic mass is 10.0. The van der Waals surface area contributed by atoms with E-state index in [9.17, 15) is 5.11 Å². The Labute approximate surface area is 126 Å². The summed E-state index contributed by atoms with van der Waals surface area (Å²) in [5.74, 6) is 0. The number of aliphatic hydroxyl groups excluding tert-OH is 1. The van der Waals surface area contributed by atoms with Crippen molar-refractivity contribution < 1.29 is 5.11 Å². The van der Waals surface area contributed by atoms with Crippen molar-refractivity contribution in [1.29, 1.82) is 0 Å². The van der Waals surface area contributed by atoms with Crippen LogP contribution in [0.3, 0.4) is 0 Å². The number of benzene rings is 1. The smallest absolute Gasteiger partial charge is 0.0643 e. The molecular formula is C16H25ClN2O. The van der Waals surface area contributed by atoms with Crippen LogP contribution in [0.15, 0.2) is 18.2 Å². The van der Waals surface area contributed by atoms with Crippen LogP contribution >= 0.6 is 11.6 Å². The van der Waals surface area contributed by atoms with Gasteiger partial charge in [0.1, 0.15) is 0 Å². The van der Waals surface area contributed by atoms with Crippen molar-refractivity contribution in [2.24, 2.45) is 0 Å². The molecule has 20 heavy (non-hydrogen) atoms. The summed E-state index contributed by atoms with van der Waals surface area (Å²) in [6.07, 6.45) is 3.40. The van der Waals surface area contributed by atoms with Crippen LogP contribution in [0, 0.1) is 0 Å². The first-order valence-electron chi connectivity index (χ1n) is 7.57. The fourth-order valence-corrected chi connectivity index (χ4v) is 3.25. The first kappa shape index (κ1) is 15.6. The topological polar surface area (TPSA) is 35.5 Å². The van der Waals surface area contributed by atoms with E-state index in [1.807, 2.05) is 6.07 Å². The number of nitrogens with zero attached hydrogens (tertiary/aromatic N) is 1. The first-order chi connectivity index (χ1) is 9.67. The Morgan fingerprint density at radius 3 is 2.90 bits per heavy atom. The second-order valence-corrected chi connectivity index (χ2v) is 5.92. The van der Waals surface area contributed by atoms with Gasteiger partial charge < -0.3 is 15.3 Å². The van der Waals surface area contributed by atoms with Gasteiger partial charge in [-0.05, 0) is 50.4 Å². The molecule has 0 aliphatic carbocycles. The van der Waals surface area contributed by atoms with Gasteiger partial charge in [-0.2, -0.15) is 0 Å². The number of hydrogen-bond donors (Lipinski definition) is 2. The third-order valence-electron chi connectivity index (χ3n) is 4.13. The van der Waals surface area contributed by atoms with Gasteiger partial charge in [-0.25, -0.2) is 0 Å². The van der Waals surface area contributed by atoms with Crippen molar-refractivity contribution in [2.75, 3.05) is 24.6 Å². The van der Waals surface area contributed by atoms with Crippen LogP contribution in [-0.2, 0) is 0 Å². The molecule has 0 saturated carbocycles. The van der Waals surface area contributed by atoms with Gasteiger partial charge in [0.2, 0.25) is 0 Å². The van der Waals surface area contributed by atoms with E-state index in [4.69, 9.17) is 11.6 Å². The Hall–Kier alpha value is -0.770. The zero-order valence-corrected chi connectivity index (χ0v) is 13.2. The summed E-state index contributed by atoms with van der Waals surface area (Å²) in [5, 5.41) is 13.7. The molecule has 1 saturated heterocycles. The van der Waals surface area contributed by atoms with Gasteiger partial charge in [-0.1, -0.05) is 24.6 Å². The third kappa shape index (κ3) is 3.46. The highest BCUT2D eigenvalue weighted by Crippen LogP contribution is 2.33. The molecule has 4 heteroatoms. The van der Waals surface area contributed by atoms with E-state index in [2.05, 4.69) is 36.2 Å². The fraction of sp³-hybridized carbons (Fsp3) is 0.625. The lowest BCUT2D eigenvalue weighted by Crippen LogP contribution is -2.42. The molecule has 2 rings (SSSR count). The van der Waals surface area contributed by atoms with Gasteiger partial charge in [0.05, 0.1) is 23.4 Å². The van der Waals surface area contributed by atoms with Gasteiger partial charge in [-0.15, -0.1) is 0 Å². The zero-order valence-electron chi connectivity index (χ0n) is 12.4. The minimum absolute atomic E-state index is 0.200. The van der Waals surface area contributed by atoms with Gasteiger partial charge in [0, 0.05) is 12.6 Å². The van der Waals surface area contributed by atoms with Crippen LogP contribution in [0.1, 0.15) is 44.7 Å². The molecule has 3 nitrogen and oxygen atoms in total. The molecule has 0 bridgehead atoms. The molecule has 2 N–H and O–H groups in total. The highest BCUT2D eigenvalue weighted by Gasteiger charge is 2.23. The molecule has 0 aromatic heterocycles. The van der Waals surface area contributed by atoms with Crippen LogP contribution in [-0.4, -0.2) is 30.8 Å². The molecule has 1 fully saturated rings. The number of piperidine rings is 1. The number of anilines is 1. The summed E-state index contributed by atoms with van der Waals surface area (Å²) in [4.78, 5) is 2.26. The highest BCUT2D eigenvalue weighted by molar-refractivity contribution is 6.33. The lowest BCUT2D eigenvalue weighted by Gasteiger charge is -2.37. The van der Waals surface area contributed by atoms with Crippen molar-refractivity contribution in [2.45, 2.75) is 45.2 Å². The summed E-state index contributed by atoms with van der Waals surface area (Å²) < 4.78 is 0. The minimum atomic E-state index is 0.200. The van der Waals surface area contributed by atoms with Gasteiger partial charge >= 0.3 is 0 Å². The quantitative estimate of drug-likeness (QED) is 0.874. The first-order valence-corrected chi connectivity index (χ1v) is 7.95. The van der Waals surface area contributed by atoms with E-state index in [1.54, 1.807) is 0 Å². The lowest BCUT2D eigenvalue weighted by molar-refractivity contribution is 0.240. The molecule has 2 unspecified atom stereocenters. The Bertz CT molecular complexity index is 438. The number of rotatable bonds is 5. The monoisotopic (exact) mass is 296 g/mol. The number of nitrogens with one attached hydrogen (secondary N) is 1. The van der Waals surface area contributed by atoms with Crippen molar-refractivity contribution in [3.8, 4) is 0 Å². The second kappa shape index (κ2) is 7.30. The van der Waals surface area contributed by atoms with E-state index in [0.29, 0.717) is 6.04 Å². The van der Waals surface area contributed by atoms with Crippen LogP contribution in [0.25, 0.3) is 0 Å². The predicted molar refractivity (Wildman–Crippen MR) is 85.6 cm³/mol. The molecule has 2 atom stereocenters. The average Bonchev–Trinajstić information content (AvgIpc) is 2.47. The third-order valence-corrected chi connectivity index (χ3v) is 4.43. The maximum absolute atomic E-state index is 9.53. The Morgan fingerprint density at radius 1 is 1.45 bits per heavy atom. The minimum Gasteiger partial charge on any atom is -0.394 e. The van der Waals surface area contributed by atoms with E-state index >= 15 is 0 Å². The largest absolute Gasteiger partial charge is 0.394 e. The Kier molecular flexibility index (Phi) is 5.70. The number of aliphatic hydroxyl groups is 1. The van der Waals surface area contributed by atoms with Crippen molar-refractivity contribution in [1.82, 2.24) is 5.32 Å². The average molecular weight is 297 g/mol. The molecule has 112 valence electrons. The highest BCUT2D eigenvalue weighted by atomic mass is 35.5. The summed E-state index contributed by atoms with van der Waals surface area (Å²) in [6, 6.07) is 6.80. The van der Waals surface area contributed by atoms with Gasteiger partial charge in [0.15, 0.2) is 0 Å². The van der Waals surface area contributed by atoms with Crippen molar-refractivity contribution >= 4 is 17.3 Å². The summed E-state index contributed by atoms with van der Waals surface area (Å²) in [7, 11) is 0. The van der Waals surface area contributed by atoms with Crippen LogP contribution in [0.5, 0.6) is 0 Å². The molecule has 1 aromatic carbocycles. The van der Waals surface area contributed by atoms with Crippen LogP contribution in [0.2, 0.25) is 5.02 Å². The Balaban J connectivity index is 2.20. The van der Waals surface area contributed by atoms with Crippen molar-refractivity contribution in [3.63, 3.8) is 0 Å².